The summed E-state index contributed by atoms with van der Waals surface area (Å²) in [5, 5.41) is 12.1. The summed E-state index contributed by atoms with van der Waals surface area (Å²) in [7, 11) is 0. The number of nitrogens with one attached hydrogen (secondary N) is 1. The molecule has 1 aromatic carbocycles. The van der Waals surface area contributed by atoms with Gasteiger partial charge in [-0.1, -0.05) is 11.6 Å². The third-order valence-corrected chi connectivity index (χ3v) is 5.10. The Morgan fingerprint density at radius 3 is 2.89 bits per heavy atom. The topological polar surface area (TPSA) is 67.0 Å². The van der Waals surface area contributed by atoms with E-state index < -0.39 is 11.7 Å². The van der Waals surface area contributed by atoms with E-state index in [1.165, 1.54) is 18.2 Å². The van der Waals surface area contributed by atoms with Crippen molar-refractivity contribution in [3.05, 3.63) is 57.6 Å². The van der Waals surface area contributed by atoms with Crippen LogP contribution in [0.2, 0.25) is 5.02 Å². The van der Waals surface area contributed by atoms with Gasteiger partial charge >= 0.3 is 0 Å². The average molecular weight is 402 g/mol. The number of carbonyl (C=O) groups is 1. The Balaban J connectivity index is 1.82. The molecule has 0 saturated carbocycles. The predicted molar refractivity (Wildman–Crippen MR) is 107 cm³/mol. The minimum atomic E-state index is -0.673. The molecule has 1 saturated heterocycles. The van der Waals surface area contributed by atoms with E-state index >= 15 is 0 Å². The molecule has 1 aliphatic heterocycles. The molecule has 5 nitrogen and oxygen atoms in total. The van der Waals surface area contributed by atoms with Crippen LogP contribution in [0.5, 0.6) is 0 Å². The van der Waals surface area contributed by atoms with Crippen molar-refractivity contribution in [3.8, 4) is 6.07 Å². The van der Waals surface area contributed by atoms with E-state index in [1.807, 2.05) is 26.0 Å². The minimum Gasteiger partial charge on any atom is -0.376 e. The Bertz CT molecular complexity index is 969. The van der Waals surface area contributed by atoms with E-state index in [-0.39, 0.29) is 22.4 Å². The third-order valence-electron chi connectivity index (χ3n) is 4.87. The monoisotopic (exact) mass is 401 g/mol. The molecule has 1 amide bonds. The molecule has 1 N–H and O–H groups in total. The van der Waals surface area contributed by atoms with Crippen LogP contribution in [0.1, 0.15) is 29.8 Å². The Hall–Kier alpha value is -2.62. The van der Waals surface area contributed by atoms with Crippen LogP contribution in [-0.4, -0.2) is 23.2 Å². The van der Waals surface area contributed by atoms with Crippen LogP contribution in [0.15, 0.2) is 29.8 Å². The zero-order valence-corrected chi connectivity index (χ0v) is 16.5. The highest BCUT2D eigenvalue weighted by Gasteiger charge is 2.19. The van der Waals surface area contributed by atoms with E-state index in [0.29, 0.717) is 0 Å². The number of nitriles is 1. The first-order valence-corrected chi connectivity index (χ1v) is 9.43. The van der Waals surface area contributed by atoms with Crippen LogP contribution >= 0.6 is 11.6 Å². The molecule has 146 valence electrons. The number of hydrogen-bond acceptors (Lipinski definition) is 3. The van der Waals surface area contributed by atoms with Gasteiger partial charge in [-0.15, -0.1) is 0 Å². The van der Waals surface area contributed by atoms with Crippen molar-refractivity contribution >= 4 is 29.3 Å². The van der Waals surface area contributed by atoms with E-state index in [4.69, 9.17) is 16.3 Å². The van der Waals surface area contributed by atoms with E-state index in [1.54, 1.807) is 0 Å². The van der Waals surface area contributed by atoms with Gasteiger partial charge in [0.2, 0.25) is 0 Å². The first-order valence-electron chi connectivity index (χ1n) is 9.05. The molecular weight excluding hydrogens is 381 g/mol. The number of ether oxygens (including phenoxy) is 1. The highest BCUT2D eigenvalue weighted by atomic mass is 35.5. The van der Waals surface area contributed by atoms with Crippen LogP contribution in [0.3, 0.4) is 0 Å². The van der Waals surface area contributed by atoms with Crippen molar-refractivity contribution in [3.63, 3.8) is 0 Å². The number of benzene rings is 1. The molecule has 1 aromatic heterocycles. The predicted octanol–water partition coefficient (Wildman–Crippen LogP) is 4.62. The number of anilines is 1. The number of rotatable bonds is 5. The van der Waals surface area contributed by atoms with Crippen molar-refractivity contribution in [2.45, 2.75) is 39.3 Å². The fraction of sp³-hybridized carbons (Fsp3) is 0.333. The molecular formula is C21H21ClFN3O2. The molecule has 2 heterocycles. The molecule has 28 heavy (non-hydrogen) atoms. The van der Waals surface area contributed by atoms with E-state index in [2.05, 4.69) is 9.88 Å². The highest BCUT2D eigenvalue weighted by Crippen LogP contribution is 2.23. The van der Waals surface area contributed by atoms with Gasteiger partial charge in [0.1, 0.15) is 17.5 Å². The maximum atomic E-state index is 13.9. The summed E-state index contributed by atoms with van der Waals surface area (Å²) in [6.07, 6.45) is 3.81. The number of carbonyl (C=O) groups excluding carboxylic acids is 1. The van der Waals surface area contributed by atoms with Crippen LogP contribution in [0, 0.1) is 31.0 Å². The molecule has 0 unspecified atom stereocenters. The summed E-state index contributed by atoms with van der Waals surface area (Å²) in [6.45, 7) is 5.46. The Morgan fingerprint density at radius 1 is 1.46 bits per heavy atom. The fourth-order valence-electron chi connectivity index (χ4n) is 3.33. The zero-order valence-electron chi connectivity index (χ0n) is 15.8. The average Bonchev–Trinajstić information content (AvgIpc) is 3.26. The molecule has 1 aliphatic rings. The van der Waals surface area contributed by atoms with Crippen LogP contribution in [0.25, 0.3) is 6.08 Å². The van der Waals surface area contributed by atoms with Gasteiger partial charge in [0.05, 0.1) is 11.8 Å². The van der Waals surface area contributed by atoms with E-state index in [9.17, 15) is 14.4 Å². The molecule has 0 bridgehead atoms. The standard InChI is InChI=1S/C21H21ClFN3O2/c1-13-8-15(14(2)26(13)12-18-4-3-7-28-18)9-16(11-24)21(27)25-20-6-5-17(22)10-19(20)23/h5-6,8-10,18H,3-4,7,12H2,1-2H3,(H,25,27)/b16-9+/t18-/m0/s1. The maximum Gasteiger partial charge on any atom is 0.266 e. The molecule has 7 heteroatoms. The lowest BCUT2D eigenvalue weighted by molar-refractivity contribution is -0.112. The van der Waals surface area contributed by atoms with Gasteiger partial charge in [-0.05, 0) is 62.6 Å². The van der Waals surface area contributed by atoms with Crippen molar-refractivity contribution in [2.75, 3.05) is 11.9 Å². The van der Waals surface area contributed by atoms with Gasteiger partial charge in [0, 0.05) is 29.6 Å². The minimum absolute atomic E-state index is 0.0283. The molecule has 0 aliphatic carbocycles. The van der Waals surface area contributed by atoms with Crippen molar-refractivity contribution in [2.24, 2.45) is 0 Å². The normalized spacial score (nSPS) is 16.8. The van der Waals surface area contributed by atoms with Crippen molar-refractivity contribution in [1.29, 1.82) is 5.26 Å². The van der Waals surface area contributed by atoms with Gasteiger partial charge < -0.3 is 14.6 Å². The lowest BCUT2D eigenvalue weighted by Crippen LogP contribution is -2.17. The summed E-state index contributed by atoms with van der Waals surface area (Å²) in [5.74, 6) is -1.33. The van der Waals surface area contributed by atoms with Gasteiger partial charge in [0.15, 0.2) is 0 Å². The number of aryl methyl sites for hydroxylation is 1. The number of hydrogen-bond donors (Lipinski definition) is 1. The number of nitrogens with zero attached hydrogens (tertiary/aromatic N) is 2. The smallest absolute Gasteiger partial charge is 0.266 e. The third kappa shape index (κ3) is 4.44. The largest absolute Gasteiger partial charge is 0.376 e. The Labute approximate surface area is 168 Å². The number of amides is 1. The summed E-state index contributed by atoms with van der Waals surface area (Å²) in [5.41, 5.74) is 2.62. The molecule has 2 aromatic rings. The molecule has 1 atom stereocenters. The lowest BCUT2D eigenvalue weighted by atomic mass is 10.1. The number of aromatic nitrogens is 1. The zero-order chi connectivity index (χ0) is 20.3. The Morgan fingerprint density at radius 2 is 2.25 bits per heavy atom. The van der Waals surface area contributed by atoms with Crippen molar-refractivity contribution < 1.29 is 13.9 Å². The Kier molecular flexibility index (Phi) is 6.18. The summed E-state index contributed by atoms with van der Waals surface area (Å²) < 4.78 is 21.7. The second kappa shape index (κ2) is 8.59. The summed E-state index contributed by atoms with van der Waals surface area (Å²) in [4.78, 5) is 12.4. The second-order valence-corrected chi connectivity index (χ2v) is 7.26. The molecule has 0 radical (unpaired) electrons. The molecule has 0 spiro atoms. The van der Waals surface area contributed by atoms with E-state index in [0.717, 1.165) is 49.0 Å². The second-order valence-electron chi connectivity index (χ2n) is 6.82. The van der Waals surface area contributed by atoms with Gasteiger partial charge in [-0.3, -0.25) is 4.79 Å². The molecule has 3 rings (SSSR count). The maximum absolute atomic E-state index is 13.9. The fourth-order valence-corrected chi connectivity index (χ4v) is 3.49. The summed E-state index contributed by atoms with van der Waals surface area (Å²) in [6, 6.07) is 7.75. The first-order chi connectivity index (χ1) is 13.4. The van der Waals surface area contributed by atoms with Crippen LogP contribution < -0.4 is 5.32 Å². The van der Waals surface area contributed by atoms with Gasteiger partial charge in [-0.2, -0.15) is 5.26 Å². The van der Waals surface area contributed by atoms with Crippen LogP contribution in [-0.2, 0) is 16.1 Å². The number of halogens is 2. The summed E-state index contributed by atoms with van der Waals surface area (Å²) >= 11 is 5.72. The lowest BCUT2D eigenvalue weighted by Gasteiger charge is -2.14. The quantitative estimate of drug-likeness (QED) is 0.587. The van der Waals surface area contributed by atoms with Gasteiger partial charge in [0.25, 0.3) is 5.91 Å². The van der Waals surface area contributed by atoms with Gasteiger partial charge in [-0.25, -0.2) is 4.39 Å². The molecule has 1 fully saturated rings. The highest BCUT2D eigenvalue weighted by molar-refractivity contribution is 6.30. The van der Waals surface area contributed by atoms with Crippen molar-refractivity contribution in [1.82, 2.24) is 4.57 Å². The first kappa shape index (κ1) is 20.1. The van der Waals surface area contributed by atoms with Crippen LogP contribution in [0.4, 0.5) is 10.1 Å². The SMILES string of the molecule is Cc1cc(/C=C(\C#N)C(=O)Nc2ccc(Cl)cc2F)c(C)n1C[C@@H]1CCCO1.